The van der Waals surface area contributed by atoms with Gasteiger partial charge in [0.1, 0.15) is 11.5 Å². The molecule has 140 valence electrons. The summed E-state index contributed by atoms with van der Waals surface area (Å²) in [6.45, 7) is 4.57. The Morgan fingerprint density at radius 2 is 1.44 bits per heavy atom. The molecule has 3 heteroatoms. The first-order valence-electron chi connectivity index (χ1n) is 9.21. The van der Waals surface area contributed by atoms with Gasteiger partial charge in [-0.2, -0.15) is 0 Å². The van der Waals surface area contributed by atoms with Crippen molar-refractivity contribution in [3.8, 4) is 11.5 Å². The van der Waals surface area contributed by atoms with E-state index in [1.165, 1.54) is 11.1 Å². The molecule has 0 N–H and O–H groups in total. The summed E-state index contributed by atoms with van der Waals surface area (Å²) < 4.78 is 5.93. The molecule has 27 heavy (non-hydrogen) atoms. The lowest BCUT2D eigenvalue weighted by molar-refractivity contribution is 0.460. The van der Waals surface area contributed by atoms with Gasteiger partial charge in [0.2, 0.25) is 0 Å². The van der Waals surface area contributed by atoms with Crippen LogP contribution in [0.1, 0.15) is 37.8 Å². The normalized spacial score (nSPS) is 11.4. The number of hydrogen-bond donors (Lipinski definition) is 0. The van der Waals surface area contributed by atoms with Crippen LogP contribution in [0.5, 0.6) is 11.5 Å². The third kappa shape index (κ3) is 5.76. The first-order chi connectivity index (χ1) is 12.9. The average Bonchev–Trinajstić information content (AvgIpc) is 2.62. The molecule has 1 nitrogen and oxygen atoms in total. The van der Waals surface area contributed by atoms with Crippen LogP contribution in [0.25, 0.3) is 0 Å². The fraction of sp³-hybridized carbons (Fsp3) is 0.250. The molecule has 0 heterocycles. The summed E-state index contributed by atoms with van der Waals surface area (Å²) in [7, 11) is 0. The first kappa shape index (κ1) is 19.8. The second-order valence-electron chi connectivity index (χ2n) is 7.45. The molecule has 0 saturated carbocycles. The Balaban J connectivity index is 1.59. The Hall–Kier alpha value is -1.96. The zero-order chi connectivity index (χ0) is 19.3. The van der Waals surface area contributed by atoms with E-state index in [9.17, 15) is 0 Å². The smallest absolute Gasteiger partial charge is 0.128 e. The number of aryl methyl sites for hydroxylation is 1. The van der Waals surface area contributed by atoms with Gasteiger partial charge < -0.3 is 4.74 Å². The number of benzene rings is 3. The highest BCUT2D eigenvalue weighted by Crippen LogP contribution is 2.30. The fourth-order valence-corrected chi connectivity index (χ4v) is 3.52. The third-order valence-electron chi connectivity index (χ3n) is 4.82. The highest BCUT2D eigenvalue weighted by molar-refractivity contribution is 6.30. The summed E-state index contributed by atoms with van der Waals surface area (Å²) in [6.07, 6.45) is 3.23. The molecule has 0 fully saturated rings. The molecule has 0 atom stereocenters. The summed E-state index contributed by atoms with van der Waals surface area (Å²) in [5.74, 6) is 1.59. The number of halogens is 2. The van der Waals surface area contributed by atoms with E-state index in [1.807, 2.05) is 48.5 Å². The number of ether oxygens (including phenoxy) is 1. The molecule has 0 aliphatic carbocycles. The molecule has 0 spiro atoms. The van der Waals surface area contributed by atoms with Crippen LogP contribution in [-0.2, 0) is 11.8 Å². The Morgan fingerprint density at radius 3 is 2.15 bits per heavy atom. The van der Waals surface area contributed by atoms with E-state index >= 15 is 0 Å². The summed E-state index contributed by atoms with van der Waals surface area (Å²) in [5, 5.41) is 1.46. The largest absolute Gasteiger partial charge is 0.457 e. The molecule has 0 unspecified atom stereocenters. The second kappa shape index (κ2) is 8.82. The monoisotopic (exact) mass is 398 g/mol. The minimum Gasteiger partial charge on any atom is -0.457 e. The lowest BCUT2D eigenvalue weighted by Crippen LogP contribution is -2.17. The lowest BCUT2D eigenvalue weighted by Gasteiger charge is -2.25. The summed E-state index contributed by atoms with van der Waals surface area (Å²) in [5.41, 5.74) is 2.73. The summed E-state index contributed by atoms with van der Waals surface area (Å²) in [6, 6.07) is 23.9. The van der Waals surface area contributed by atoms with Gasteiger partial charge in [-0.25, -0.2) is 0 Å². The minimum absolute atomic E-state index is 0.124. The third-order valence-corrected chi connectivity index (χ3v) is 5.31. The predicted molar refractivity (Wildman–Crippen MR) is 115 cm³/mol. The Morgan fingerprint density at radius 1 is 0.778 bits per heavy atom. The van der Waals surface area contributed by atoms with Crippen molar-refractivity contribution in [3.63, 3.8) is 0 Å². The van der Waals surface area contributed by atoms with Crippen molar-refractivity contribution in [3.05, 3.63) is 94.0 Å². The van der Waals surface area contributed by atoms with Gasteiger partial charge in [-0.3, -0.25) is 0 Å². The molecule has 0 aliphatic rings. The molecular formula is C24H24Cl2O. The van der Waals surface area contributed by atoms with E-state index in [4.69, 9.17) is 27.9 Å². The summed E-state index contributed by atoms with van der Waals surface area (Å²) >= 11 is 12.0. The van der Waals surface area contributed by atoms with E-state index in [1.54, 1.807) is 0 Å². The first-order valence-corrected chi connectivity index (χ1v) is 9.96. The maximum absolute atomic E-state index is 6.03. The SMILES string of the molecule is CC(C)(CCCc1cccc(Oc2cccc(Cl)c2)c1)c1ccc(Cl)cc1. The van der Waals surface area contributed by atoms with Crippen LogP contribution in [0.4, 0.5) is 0 Å². The maximum Gasteiger partial charge on any atom is 0.128 e. The Labute approximate surface area is 171 Å². The van der Waals surface area contributed by atoms with Gasteiger partial charge in [-0.15, -0.1) is 0 Å². The molecule has 0 radical (unpaired) electrons. The molecule has 3 aromatic carbocycles. The molecule has 0 bridgehead atoms. The van der Waals surface area contributed by atoms with Crippen LogP contribution < -0.4 is 4.74 Å². The van der Waals surface area contributed by atoms with Crippen molar-refractivity contribution in [2.75, 3.05) is 0 Å². The van der Waals surface area contributed by atoms with Crippen LogP contribution in [0, 0.1) is 0 Å². The standard InChI is InChI=1S/C24H24Cl2O/c1-24(2,19-11-13-20(25)14-12-19)15-5-7-18-6-3-9-22(16-18)27-23-10-4-8-21(26)17-23/h3-4,6,8-14,16-17H,5,7,15H2,1-2H3. The topological polar surface area (TPSA) is 9.23 Å². The van der Waals surface area contributed by atoms with Crippen molar-refractivity contribution >= 4 is 23.2 Å². The Kier molecular flexibility index (Phi) is 6.46. The minimum atomic E-state index is 0.124. The Bertz CT molecular complexity index is 885. The van der Waals surface area contributed by atoms with E-state index in [0.29, 0.717) is 5.02 Å². The van der Waals surface area contributed by atoms with Gasteiger partial charge in [0.25, 0.3) is 0 Å². The van der Waals surface area contributed by atoms with E-state index in [-0.39, 0.29) is 5.41 Å². The molecule has 3 rings (SSSR count). The summed E-state index contributed by atoms with van der Waals surface area (Å²) in [4.78, 5) is 0. The van der Waals surface area contributed by atoms with Crippen molar-refractivity contribution in [1.29, 1.82) is 0 Å². The van der Waals surface area contributed by atoms with Crippen LogP contribution in [-0.4, -0.2) is 0 Å². The fourth-order valence-electron chi connectivity index (χ4n) is 3.21. The number of hydrogen-bond acceptors (Lipinski definition) is 1. The molecule has 0 amide bonds. The van der Waals surface area contributed by atoms with E-state index in [2.05, 4.69) is 38.1 Å². The zero-order valence-electron chi connectivity index (χ0n) is 15.7. The van der Waals surface area contributed by atoms with Crippen molar-refractivity contribution < 1.29 is 4.74 Å². The highest BCUT2D eigenvalue weighted by Gasteiger charge is 2.19. The lowest BCUT2D eigenvalue weighted by atomic mass is 9.80. The van der Waals surface area contributed by atoms with Crippen molar-refractivity contribution in [1.82, 2.24) is 0 Å². The second-order valence-corrected chi connectivity index (χ2v) is 8.32. The zero-order valence-corrected chi connectivity index (χ0v) is 17.2. The highest BCUT2D eigenvalue weighted by atomic mass is 35.5. The van der Waals surface area contributed by atoms with Gasteiger partial charge in [0.05, 0.1) is 0 Å². The van der Waals surface area contributed by atoms with Crippen molar-refractivity contribution in [2.45, 2.75) is 38.5 Å². The molecule has 0 aromatic heterocycles. The number of rotatable bonds is 7. The maximum atomic E-state index is 6.03. The van der Waals surface area contributed by atoms with Crippen LogP contribution in [0.2, 0.25) is 10.0 Å². The van der Waals surface area contributed by atoms with Gasteiger partial charge in [-0.05, 0) is 78.3 Å². The van der Waals surface area contributed by atoms with Gasteiger partial charge in [-0.1, -0.05) is 67.4 Å². The van der Waals surface area contributed by atoms with Crippen LogP contribution in [0.15, 0.2) is 72.8 Å². The van der Waals surface area contributed by atoms with Crippen molar-refractivity contribution in [2.24, 2.45) is 0 Å². The molecule has 0 saturated heterocycles. The van der Waals surface area contributed by atoms with Gasteiger partial charge >= 0.3 is 0 Å². The van der Waals surface area contributed by atoms with E-state index in [0.717, 1.165) is 35.8 Å². The molecule has 3 aromatic rings. The average molecular weight is 399 g/mol. The van der Waals surface area contributed by atoms with Crippen LogP contribution in [0.3, 0.4) is 0 Å². The molecular weight excluding hydrogens is 375 g/mol. The van der Waals surface area contributed by atoms with Gasteiger partial charge in [0.15, 0.2) is 0 Å². The van der Waals surface area contributed by atoms with E-state index < -0.39 is 0 Å². The predicted octanol–water partition coefficient (Wildman–Crippen LogP) is 8.09. The quantitative estimate of drug-likeness (QED) is 0.390. The van der Waals surface area contributed by atoms with Gasteiger partial charge in [0, 0.05) is 10.0 Å². The molecule has 0 aliphatic heterocycles. The van der Waals surface area contributed by atoms with Crippen LogP contribution >= 0.6 is 23.2 Å².